The molecule has 0 radical (unpaired) electrons. The highest BCUT2D eigenvalue weighted by atomic mass is 32.1. The third-order valence-electron chi connectivity index (χ3n) is 3.76. The SMILES string of the molecule is C[C@H]1CCc2sc(C(=O)OCC(=O)c3ccc[nH]3)cc2C1. The van der Waals surface area contributed by atoms with Crippen LogP contribution in [-0.2, 0) is 17.6 Å². The summed E-state index contributed by atoms with van der Waals surface area (Å²) in [6, 6.07) is 5.34. The Kier molecular flexibility index (Phi) is 3.92. The van der Waals surface area contributed by atoms with Crippen molar-refractivity contribution in [1.29, 1.82) is 0 Å². The summed E-state index contributed by atoms with van der Waals surface area (Å²) >= 11 is 1.50. The third-order valence-corrected chi connectivity index (χ3v) is 4.98. The summed E-state index contributed by atoms with van der Waals surface area (Å²) < 4.78 is 5.12. The van der Waals surface area contributed by atoms with Crippen LogP contribution in [0.2, 0.25) is 0 Å². The summed E-state index contributed by atoms with van der Waals surface area (Å²) in [5.74, 6) is 0.0516. The summed E-state index contributed by atoms with van der Waals surface area (Å²) in [5, 5.41) is 0. The number of aromatic amines is 1. The van der Waals surface area contributed by atoms with Crippen molar-refractivity contribution in [2.24, 2.45) is 5.92 Å². The molecule has 0 aliphatic heterocycles. The van der Waals surface area contributed by atoms with Crippen LogP contribution in [0.4, 0.5) is 0 Å². The summed E-state index contributed by atoms with van der Waals surface area (Å²) in [4.78, 5) is 28.5. The number of esters is 1. The first kappa shape index (κ1) is 14.1. The Bertz CT molecular complexity index is 657. The van der Waals surface area contributed by atoms with Crippen molar-refractivity contribution < 1.29 is 14.3 Å². The molecule has 5 heteroatoms. The number of ether oxygens (including phenoxy) is 1. The van der Waals surface area contributed by atoms with E-state index < -0.39 is 5.97 Å². The Morgan fingerprint density at radius 3 is 3.10 bits per heavy atom. The standard InChI is InChI=1S/C16H17NO3S/c1-10-4-5-14-11(7-10)8-15(21-14)16(19)20-9-13(18)12-3-2-6-17-12/h2-3,6,8,10,17H,4-5,7,9H2,1H3/t10-/m0/s1. The first-order valence-corrected chi connectivity index (χ1v) is 7.90. The molecule has 0 spiro atoms. The number of thiophene rings is 1. The maximum absolute atomic E-state index is 12.0. The molecule has 2 heterocycles. The highest BCUT2D eigenvalue weighted by Gasteiger charge is 2.21. The van der Waals surface area contributed by atoms with Crippen LogP contribution in [0.1, 0.15) is 43.9 Å². The number of aromatic nitrogens is 1. The normalized spacial score (nSPS) is 17.3. The van der Waals surface area contributed by atoms with Gasteiger partial charge in [-0.2, -0.15) is 0 Å². The van der Waals surface area contributed by atoms with Gasteiger partial charge in [0.25, 0.3) is 0 Å². The molecule has 1 N–H and O–H groups in total. The molecule has 0 unspecified atom stereocenters. The fraction of sp³-hybridized carbons (Fsp3) is 0.375. The van der Waals surface area contributed by atoms with Gasteiger partial charge in [-0.1, -0.05) is 6.92 Å². The second-order valence-corrected chi connectivity index (χ2v) is 6.63. The van der Waals surface area contributed by atoms with Crippen molar-refractivity contribution in [3.63, 3.8) is 0 Å². The van der Waals surface area contributed by atoms with Crippen LogP contribution in [0, 0.1) is 5.92 Å². The fourth-order valence-corrected chi connectivity index (χ4v) is 3.69. The molecule has 110 valence electrons. The summed E-state index contributed by atoms with van der Waals surface area (Å²) in [7, 11) is 0. The molecule has 0 saturated heterocycles. The van der Waals surface area contributed by atoms with Gasteiger partial charge in [0.1, 0.15) is 4.88 Å². The van der Waals surface area contributed by atoms with Crippen LogP contribution in [-0.4, -0.2) is 23.3 Å². The van der Waals surface area contributed by atoms with Gasteiger partial charge in [-0.25, -0.2) is 4.79 Å². The molecule has 1 aliphatic rings. The number of H-pyrrole nitrogens is 1. The molecule has 3 rings (SSSR count). The number of carbonyl (C=O) groups is 2. The third kappa shape index (κ3) is 3.08. The number of aryl methyl sites for hydroxylation is 1. The van der Waals surface area contributed by atoms with E-state index in [0.717, 1.165) is 12.8 Å². The molecule has 2 aromatic rings. The molecule has 1 atom stereocenters. The highest BCUT2D eigenvalue weighted by Crippen LogP contribution is 2.32. The van der Waals surface area contributed by atoms with Crippen LogP contribution in [0.15, 0.2) is 24.4 Å². The van der Waals surface area contributed by atoms with Crippen molar-refractivity contribution >= 4 is 23.1 Å². The summed E-state index contributed by atoms with van der Waals surface area (Å²) in [6.45, 7) is 2.01. The highest BCUT2D eigenvalue weighted by molar-refractivity contribution is 7.14. The van der Waals surface area contributed by atoms with Crippen molar-refractivity contribution in [3.8, 4) is 0 Å². The van der Waals surface area contributed by atoms with E-state index in [4.69, 9.17) is 4.74 Å². The molecule has 0 aromatic carbocycles. The smallest absolute Gasteiger partial charge is 0.348 e. The topological polar surface area (TPSA) is 59.2 Å². The van der Waals surface area contributed by atoms with Crippen LogP contribution < -0.4 is 0 Å². The summed E-state index contributed by atoms with van der Waals surface area (Å²) in [5.41, 5.74) is 1.73. The van der Waals surface area contributed by atoms with E-state index in [-0.39, 0.29) is 12.4 Å². The molecular formula is C16H17NO3S. The predicted molar refractivity (Wildman–Crippen MR) is 80.9 cm³/mol. The van der Waals surface area contributed by atoms with E-state index in [0.29, 0.717) is 16.5 Å². The van der Waals surface area contributed by atoms with Crippen molar-refractivity contribution in [2.45, 2.75) is 26.2 Å². The van der Waals surface area contributed by atoms with Gasteiger partial charge in [0, 0.05) is 11.1 Å². The minimum absolute atomic E-state index is 0.219. The number of hydrogen-bond donors (Lipinski definition) is 1. The largest absolute Gasteiger partial charge is 0.453 e. The van der Waals surface area contributed by atoms with Crippen molar-refractivity contribution in [3.05, 3.63) is 45.4 Å². The van der Waals surface area contributed by atoms with Crippen LogP contribution in [0.25, 0.3) is 0 Å². The second kappa shape index (κ2) is 5.85. The first-order valence-electron chi connectivity index (χ1n) is 7.09. The zero-order valence-corrected chi connectivity index (χ0v) is 12.7. The number of hydrogen-bond acceptors (Lipinski definition) is 4. The zero-order chi connectivity index (χ0) is 14.8. The quantitative estimate of drug-likeness (QED) is 0.697. The van der Waals surface area contributed by atoms with E-state index in [1.807, 2.05) is 6.07 Å². The molecule has 0 bridgehead atoms. The van der Waals surface area contributed by atoms with Crippen LogP contribution in [0.3, 0.4) is 0 Å². The van der Waals surface area contributed by atoms with Gasteiger partial charge >= 0.3 is 5.97 Å². The summed E-state index contributed by atoms with van der Waals surface area (Å²) in [6.07, 6.45) is 4.91. The Balaban J connectivity index is 1.62. The van der Waals surface area contributed by atoms with Crippen molar-refractivity contribution in [1.82, 2.24) is 4.98 Å². The minimum Gasteiger partial charge on any atom is -0.453 e. The average molecular weight is 303 g/mol. The second-order valence-electron chi connectivity index (χ2n) is 5.49. The van der Waals surface area contributed by atoms with E-state index in [9.17, 15) is 9.59 Å². The van der Waals surface area contributed by atoms with Gasteiger partial charge in [0.15, 0.2) is 6.61 Å². The lowest BCUT2D eigenvalue weighted by Crippen LogP contribution is -2.13. The number of ketones is 1. The molecule has 0 fully saturated rings. The Morgan fingerprint density at radius 2 is 2.33 bits per heavy atom. The maximum atomic E-state index is 12.0. The maximum Gasteiger partial charge on any atom is 0.348 e. The number of nitrogens with one attached hydrogen (secondary N) is 1. The molecule has 4 nitrogen and oxygen atoms in total. The van der Waals surface area contributed by atoms with E-state index in [1.54, 1.807) is 18.3 Å². The van der Waals surface area contributed by atoms with Gasteiger partial charge in [-0.3, -0.25) is 4.79 Å². The Morgan fingerprint density at radius 1 is 1.48 bits per heavy atom. The number of Topliss-reactive ketones (excluding diaryl/α,β-unsaturated/α-hetero) is 1. The average Bonchev–Trinajstić information content (AvgIpc) is 3.12. The van der Waals surface area contributed by atoms with Crippen molar-refractivity contribution in [2.75, 3.05) is 6.61 Å². The molecule has 2 aromatic heterocycles. The van der Waals surface area contributed by atoms with E-state index in [2.05, 4.69) is 11.9 Å². The minimum atomic E-state index is -0.401. The fourth-order valence-electron chi connectivity index (χ4n) is 2.59. The van der Waals surface area contributed by atoms with Crippen LogP contribution in [0.5, 0.6) is 0 Å². The molecular weight excluding hydrogens is 286 g/mol. The van der Waals surface area contributed by atoms with E-state index >= 15 is 0 Å². The lowest BCUT2D eigenvalue weighted by Gasteiger charge is -2.16. The molecule has 21 heavy (non-hydrogen) atoms. The molecule has 0 saturated carbocycles. The van der Waals surface area contributed by atoms with Gasteiger partial charge in [0.2, 0.25) is 5.78 Å². The van der Waals surface area contributed by atoms with Gasteiger partial charge in [-0.15, -0.1) is 11.3 Å². The molecule has 1 aliphatic carbocycles. The van der Waals surface area contributed by atoms with Crippen LogP contribution >= 0.6 is 11.3 Å². The van der Waals surface area contributed by atoms with Gasteiger partial charge in [0.05, 0.1) is 5.69 Å². The van der Waals surface area contributed by atoms with E-state index in [1.165, 1.54) is 28.2 Å². The Hall–Kier alpha value is -1.88. The number of rotatable bonds is 4. The predicted octanol–water partition coefficient (Wildman–Crippen LogP) is 3.24. The lowest BCUT2D eigenvalue weighted by atomic mass is 9.90. The molecule has 0 amide bonds. The lowest BCUT2D eigenvalue weighted by molar-refractivity contribution is 0.0478. The van der Waals surface area contributed by atoms with Gasteiger partial charge in [-0.05, 0) is 48.9 Å². The first-order chi connectivity index (χ1) is 10.1. The monoisotopic (exact) mass is 303 g/mol. The van der Waals surface area contributed by atoms with Gasteiger partial charge < -0.3 is 9.72 Å². The Labute approximate surface area is 127 Å². The zero-order valence-electron chi connectivity index (χ0n) is 11.8. The number of fused-ring (bicyclic) bond motifs is 1. The number of carbonyl (C=O) groups excluding carboxylic acids is 2.